The first-order valence-electron chi connectivity index (χ1n) is 9.47. The molecule has 0 aliphatic carbocycles. The number of sulfonamides is 1. The number of nitrogens with one attached hydrogen (secondary N) is 3. The number of hydrogen-bond acceptors (Lipinski definition) is 5. The molecule has 2 aromatic carbocycles. The molecule has 3 rings (SSSR count). The van der Waals surface area contributed by atoms with E-state index < -0.39 is 28.4 Å². The number of carbonyl (C=O) groups is 2. The van der Waals surface area contributed by atoms with Gasteiger partial charge in [0.25, 0.3) is 0 Å². The summed E-state index contributed by atoms with van der Waals surface area (Å²) in [5, 5.41) is 6.93. The van der Waals surface area contributed by atoms with Gasteiger partial charge in [0.15, 0.2) is 0 Å². The maximum absolute atomic E-state index is 12.1. The number of nitrogens with zero attached hydrogens (tertiary/aromatic N) is 1. The molecule has 0 bridgehead atoms. The summed E-state index contributed by atoms with van der Waals surface area (Å²) in [6, 6.07) is 16.4. The molecule has 0 fully saturated rings. The van der Waals surface area contributed by atoms with Gasteiger partial charge in [-0.15, -0.1) is 0 Å². The van der Waals surface area contributed by atoms with Crippen molar-refractivity contribution in [2.24, 2.45) is 0 Å². The minimum atomic E-state index is -3.80. The number of pyridine rings is 1. The normalized spacial score (nSPS) is 11.5. The van der Waals surface area contributed by atoms with Gasteiger partial charge in [-0.25, -0.2) is 13.1 Å². The minimum Gasteiger partial charge on any atom is -0.346 e. The van der Waals surface area contributed by atoms with E-state index in [9.17, 15) is 18.0 Å². The van der Waals surface area contributed by atoms with Crippen molar-refractivity contribution in [2.75, 3.05) is 18.4 Å². The Morgan fingerprint density at radius 1 is 0.968 bits per heavy atom. The zero-order valence-electron chi connectivity index (χ0n) is 16.8. The van der Waals surface area contributed by atoms with Gasteiger partial charge in [-0.1, -0.05) is 48.0 Å². The number of rotatable bonds is 8. The van der Waals surface area contributed by atoms with E-state index in [-0.39, 0.29) is 6.54 Å². The molecule has 0 saturated carbocycles. The first kappa shape index (κ1) is 22.1. The molecule has 31 heavy (non-hydrogen) atoms. The second-order valence-electron chi connectivity index (χ2n) is 6.79. The van der Waals surface area contributed by atoms with Gasteiger partial charge in [0.1, 0.15) is 0 Å². The fraction of sp³-hybridized carbons (Fsp3) is 0.136. The van der Waals surface area contributed by atoms with E-state index in [0.29, 0.717) is 11.2 Å². The Morgan fingerprint density at radius 3 is 2.48 bits per heavy atom. The average molecular weight is 439 g/mol. The van der Waals surface area contributed by atoms with Crippen LogP contribution in [-0.4, -0.2) is 38.3 Å². The standard InChI is InChI=1S/C22H22N4O4S/c1-16-7-9-17(10-8-16)11-13-31(29,30)25-15-20(27)24-14-21(28)26-19-6-2-4-18-5-3-12-23-22(18)19/h2-13,25H,14-15H2,1H3,(H,24,27)(H,26,28)/b13-11+. The number of anilines is 1. The third-order valence-corrected chi connectivity index (χ3v) is 5.34. The van der Waals surface area contributed by atoms with Crippen LogP contribution in [0.3, 0.4) is 0 Å². The lowest BCUT2D eigenvalue weighted by molar-refractivity contribution is -0.123. The first-order valence-corrected chi connectivity index (χ1v) is 11.0. The van der Waals surface area contributed by atoms with Gasteiger partial charge in [-0.2, -0.15) is 0 Å². The van der Waals surface area contributed by atoms with Crippen molar-refractivity contribution in [2.45, 2.75) is 6.92 Å². The zero-order chi connectivity index (χ0) is 22.3. The molecule has 0 radical (unpaired) electrons. The maximum atomic E-state index is 12.1. The van der Waals surface area contributed by atoms with E-state index in [2.05, 4.69) is 20.3 Å². The van der Waals surface area contributed by atoms with Crippen molar-refractivity contribution < 1.29 is 18.0 Å². The highest BCUT2D eigenvalue weighted by Crippen LogP contribution is 2.20. The lowest BCUT2D eigenvalue weighted by atomic mass is 10.2. The largest absolute Gasteiger partial charge is 0.346 e. The molecule has 1 heterocycles. The Labute approximate surface area is 180 Å². The van der Waals surface area contributed by atoms with Crippen molar-refractivity contribution >= 4 is 44.5 Å². The van der Waals surface area contributed by atoms with Crippen LogP contribution in [-0.2, 0) is 19.6 Å². The average Bonchev–Trinajstić information content (AvgIpc) is 2.76. The van der Waals surface area contributed by atoms with Crippen LogP contribution < -0.4 is 15.4 Å². The van der Waals surface area contributed by atoms with Gasteiger partial charge in [-0.05, 0) is 30.7 Å². The van der Waals surface area contributed by atoms with Crippen LogP contribution in [0.5, 0.6) is 0 Å². The van der Waals surface area contributed by atoms with Crippen LogP contribution in [0.25, 0.3) is 17.0 Å². The van der Waals surface area contributed by atoms with E-state index in [0.717, 1.165) is 21.9 Å². The lowest BCUT2D eigenvalue weighted by Crippen LogP contribution is -2.39. The quantitative estimate of drug-likeness (QED) is 0.498. The van der Waals surface area contributed by atoms with Crippen LogP contribution in [0.15, 0.2) is 66.2 Å². The molecule has 1 aromatic heterocycles. The molecule has 0 atom stereocenters. The first-order chi connectivity index (χ1) is 14.8. The van der Waals surface area contributed by atoms with E-state index in [4.69, 9.17) is 0 Å². The van der Waals surface area contributed by atoms with Crippen molar-refractivity contribution in [3.8, 4) is 0 Å². The van der Waals surface area contributed by atoms with E-state index >= 15 is 0 Å². The second kappa shape index (κ2) is 9.96. The third-order valence-electron chi connectivity index (χ3n) is 4.30. The molecule has 0 spiro atoms. The van der Waals surface area contributed by atoms with Crippen molar-refractivity contribution in [3.05, 3.63) is 77.3 Å². The molecule has 8 nitrogen and oxygen atoms in total. The Bertz CT molecular complexity index is 1220. The molecule has 9 heteroatoms. The summed E-state index contributed by atoms with van der Waals surface area (Å²) in [6.07, 6.45) is 3.06. The van der Waals surface area contributed by atoms with Gasteiger partial charge in [0.2, 0.25) is 21.8 Å². The maximum Gasteiger partial charge on any atom is 0.243 e. The predicted octanol–water partition coefficient (Wildman–Crippen LogP) is 2.19. The smallest absolute Gasteiger partial charge is 0.243 e. The molecule has 0 aliphatic heterocycles. The summed E-state index contributed by atoms with van der Waals surface area (Å²) < 4.78 is 26.2. The minimum absolute atomic E-state index is 0.303. The zero-order valence-corrected chi connectivity index (χ0v) is 17.6. The third kappa shape index (κ3) is 6.73. The topological polar surface area (TPSA) is 117 Å². The summed E-state index contributed by atoms with van der Waals surface area (Å²) >= 11 is 0. The number of hydrogen-bond donors (Lipinski definition) is 3. The van der Waals surface area contributed by atoms with Crippen LogP contribution in [0.4, 0.5) is 5.69 Å². The van der Waals surface area contributed by atoms with E-state index in [1.807, 2.05) is 31.2 Å². The number of fused-ring (bicyclic) bond motifs is 1. The fourth-order valence-electron chi connectivity index (χ4n) is 2.70. The Balaban J connectivity index is 1.47. The lowest BCUT2D eigenvalue weighted by Gasteiger charge is -2.09. The predicted molar refractivity (Wildman–Crippen MR) is 121 cm³/mol. The van der Waals surface area contributed by atoms with Crippen molar-refractivity contribution in [1.82, 2.24) is 15.0 Å². The molecule has 2 amide bonds. The molecule has 0 saturated heterocycles. The molecule has 0 aliphatic rings. The Kier molecular flexibility index (Phi) is 7.11. The highest BCUT2D eigenvalue weighted by atomic mass is 32.2. The fourth-order valence-corrected chi connectivity index (χ4v) is 3.47. The number of aryl methyl sites for hydroxylation is 1. The number of benzene rings is 2. The highest BCUT2D eigenvalue weighted by molar-refractivity contribution is 7.92. The van der Waals surface area contributed by atoms with Crippen LogP contribution in [0.2, 0.25) is 0 Å². The van der Waals surface area contributed by atoms with Gasteiger partial charge in [-0.3, -0.25) is 14.6 Å². The molecule has 3 aromatic rings. The number of aromatic nitrogens is 1. The van der Waals surface area contributed by atoms with Crippen molar-refractivity contribution in [1.29, 1.82) is 0 Å². The van der Waals surface area contributed by atoms with Crippen LogP contribution in [0, 0.1) is 6.92 Å². The number of amides is 2. The molecular formula is C22H22N4O4S. The highest BCUT2D eigenvalue weighted by Gasteiger charge is 2.11. The van der Waals surface area contributed by atoms with Crippen LogP contribution >= 0.6 is 0 Å². The van der Waals surface area contributed by atoms with E-state index in [1.54, 1.807) is 36.5 Å². The molecular weight excluding hydrogens is 416 g/mol. The molecule has 160 valence electrons. The number of para-hydroxylation sites is 1. The van der Waals surface area contributed by atoms with Crippen LogP contribution in [0.1, 0.15) is 11.1 Å². The Hall–Kier alpha value is -3.56. The molecule has 3 N–H and O–H groups in total. The summed E-state index contributed by atoms with van der Waals surface area (Å²) in [6.45, 7) is 1.15. The van der Waals surface area contributed by atoms with Gasteiger partial charge < -0.3 is 10.6 Å². The van der Waals surface area contributed by atoms with Gasteiger partial charge >= 0.3 is 0 Å². The monoisotopic (exact) mass is 438 g/mol. The summed E-state index contributed by atoms with van der Waals surface area (Å²) in [4.78, 5) is 28.3. The second-order valence-corrected chi connectivity index (χ2v) is 8.44. The summed E-state index contributed by atoms with van der Waals surface area (Å²) in [5.74, 6) is -1.08. The van der Waals surface area contributed by atoms with Gasteiger partial charge in [0.05, 0.1) is 24.3 Å². The molecule has 0 unspecified atom stereocenters. The van der Waals surface area contributed by atoms with Gasteiger partial charge in [0, 0.05) is 17.0 Å². The van der Waals surface area contributed by atoms with E-state index in [1.165, 1.54) is 6.08 Å². The van der Waals surface area contributed by atoms with Crippen molar-refractivity contribution in [3.63, 3.8) is 0 Å². The summed E-state index contributed by atoms with van der Waals surface area (Å²) in [5.41, 5.74) is 2.95. The number of carbonyl (C=O) groups excluding carboxylic acids is 2. The summed E-state index contributed by atoms with van der Waals surface area (Å²) in [7, 11) is -3.80. The SMILES string of the molecule is Cc1ccc(/C=C/S(=O)(=O)NCC(=O)NCC(=O)Nc2cccc3cccnc23)cc1. The Morgan fingerprint density at radius 2 is 1.71 bits per heavy atom.